The lowest BCUT2D eigenvalue weighted by Gasteiger charge is -2.12. The van der Waals surface area contributed by atoms with E-state index in [-0.39, 0.29) is 12.5 Å². The first-order valence-corrected chi connectivity index (χ1v) is 3.58. The van der Waals surface area contributed by atoms with Gasteiger partial charge in [0.25, 0.3) is 0 Å². The topological polar surface area (TPSA) is 53.6 Å². The standard InChI is InChI=1S/C8H12O3/c1-6(5-9)8(10)7-3-2-4-11-7/h2-4,6,8-10H,5H2,1H3. The Morgan fingerprint density at radius 1 is 1.64 bits per heavy atom. The van der Waals surface area contributed by atoms with Crippen LogP contribution in [0.1, 0.15) is 18.8 Å². The van der Waals surface area contributed by atoms with Crippen molar-refractivity contribution in [2.24, 2.45) is 5.92 Å². The number of furan rings is 1. The van der Waals surface area contributed by atoms with Gasteiger partial charge in [-0.25, -0.2) is 0 Å². The van der Waals surface area contributed by atoms with Gasteiger partial charge >= 0.3 is 0 Å². The van der Waals surface area contributed by atoms with Crippen LogP contribution in [0.2, 0.25) is 0 Å². The number of aliphatic hydroxyl groups excluding tert-OH is 2. The third kappa shape index (κ3) is 1.82. The van der Waals surface area contributed by atoms with E-state index in [4.69, 9.17) is 9.52 Å². The first-order chi connectivity index (χ1) is 5.25. The third-order valence-electron chi connectivity index (χ3n) is 1.66. The maximum Gasteiger partial charge on any atom is 0.132 e. The van der Waals surface area contributed by atoms with Crippen molar-refractivity contribution in [3.63, 3.8) is 0 Å². The fourth-order valence-electron chi connectivity index (χ4n) is 0.840. The fourth-order valence-corrected chi connectivity index (χ4v) is 0.840. The first-order valence-electron chi connectivity index (χ1n) is 3.58. The molecule has 0 aliphatic carbocycles. The quantitative estimate of drug-likeness (QED) is 0.684. The summed E-state index contributed by atoms with van der Waals surface area (Å²) in [7, 11) is 0. The highest BCUT2D eigenvalue weighted by Crippen LogP contribution is 2.20. The van der Waals surface area contributed by atoms with E-state index in [1.807, 2.05) is 0 Å². The number of hydrogen-bond donors (Lipinski definition) is 2. The maximum atomic E-state index is 9.42. The van der Waals surface area contributed by atoms with Gasteiger partial charge in [-0.3, -0.25) is 0 Å². The van der Waals surface area contributed by atoms with Crippen molar-refractivity contribution >= 4 is 0 Å². The molecule has 1 aromatic rings. The highest BCUT2D eigenvalue weighted by Gasteiger charge is 2.17. The minimum atomic E-state index is -0.699. The van der Waals surface area contributed by atoms with Crippen molar-refractivity contribution in [3.05, 3.63) is 24.2 Å². The average molecular weight is 156 g/mol. The van der Waals surface area contributed by atoms with E-state index in [0.717, 1.165) is 0 Å². The molecule has 3 nitrogen and oxygen atoms in total. The van der Waals surface area contributed by atoms with Crippen LogP contribution in [0.5, 0.6) is 0 Å². The minimum Gasteiger partial charge on any atom is -0.467 e. The Morgan fingerprint density at radius 2 is 2.36 bits per heavy atom. The summed E-state index contributed by atoms with van der Waals surface area (Å²) >= 11 is 0. The maximum absolute atomic E-state index is 9.42. The van der Waals surface area contributed by atoms with E-state index in [2.05, 4.69) is 0 Å². The molecule has 2 N–H and O–H groups in total. The van der Waals surface area contributed by atoms with E-state index >= 15 is 0 Å². The number of hydrogen-bond acceptors (Lipinski definition) is 3. The molecule has 0 saturated carbocycles. The van der Waals surface area contributed by atoms with Gasteiger partial charge in [-0.1, -0.05) is 6.92 Å². The zero-order chi connectivity index (χ0) is 8.27. The molecule has 1 aromatic heterocycles. The zero-order valence-electron chi connectivity index (χ0n) is 6.40. The molecular formula is C8H12O3. The molecule has 0 aliphatic heterocycles. The number of rotatable bonds is 3. The van der Waals surface area contributed by atoms with Gasteiger partial charge in [-0.05, 0) is 12.1 Å². The zero-order valence-corrected chi connectivity index (χ0v) is 6.40. The molecule has 0 radical (unpaired) electrons. The molecule has 11 heavy (non-hydrogen) atoms. The van der Waals surface area contributed by atoms with Crippen LogP contribution in [0, 0.1) is 5.92 Å². The lowest BCUT2D eigenvalue weighted by Crippen LogP contribution is -2.11. The monoisotopic (exact) mass is 156 g/mol. The molecule has 0 aliphatic rings. The Balaban J connectivity index is 2.62. The molecule has 0 saturated heterocycles. The van der Waals surface area contributed by atoms with Gasteiger partial charge in [0.05, 0.1) is 6.26 Å². The van der Waals surface area contributed by atoms with Crippen LogP contribution in [-0.2, 0) is 0 Å². The average Bonchev–Trinajstić information content (AvgIpc) is 2.53. The Hall–Kier alpha value is -0.800. The van der Waals surface area contributed by atoms with Gasteiger partial charge in [0.2, 0.25) is 0 Å². The second-order valence-electron chi connectivity index (χ2n) is 2.62. The molecule has 0 amide bonds. The molecular weight excluding hydrogens is 144 g/mol. The van der Waals surface area contributed by atoms with E-state index in [1.165, 1.54) is 6.26 Å². The minimum absolute atomic E-state index is 0.0398. The van der Waals surface area contributed by atoms with Gasteiger partial charge in [0, 0.05) is 12.5 Å². The van der Waals surface area contributed by atoms with Crippen molar-refractivity contribution in [2.75, 3.05) is 6.61 Å². The second-order valence-corrected chi connectivity index (χ2v) is 2.62. The summed E-state index contributed by atoms with van der Waals surface area (Å²) in [5.41, 5.74) is 0. The summed E-state index contributed by atoms with van der Waals surface area (Å²) in [6.45, 7) is 1.72. The van der Waals surface area contributed by atoms with Gasteiger partial charge in [0.15, 0.2) is 0 Å². The van der Waals surface area contributed by atoms with E-state index in [1.54, 1.807) is 19.1 Å². The van der Waals surface area contributed by atoms with E-state index < -0.39 is 6.10 Å². The van der Waals surface area contributed by atoms with Crippen LogP contribution < -0.4 is 0 Å². The smallest absolute Gasteiger partial charge is 0.132 e. The summed E-state index contributed by atoms with van der Waals surface area (Å²) in [4.78, 5) is 0. The summed E-state index contributed by atoms with van der Waals surface area (Å²) in [6, 6.07) is 3.40. The summed E-state index contributed by atoms with van der Waals surface area (Å²) in [5, 5.41) is 18.1. The van der Waals surface area contributed by atoms with Crippen molar-refractivity contribution in [3.8, 4) is 0 Å². The van der Waals surface area contributed by atoms with Crippen molar-refractivity contribution in [1.82, 2.24) is 0 Å². The Morgan fingerprint density at radius 3 is 2.82 bits per heavy atom. The fraction of sp³-hybridized carbons (Fsp3) is 0.500. The van der Waals surface area contributed by atoms with Crippen molar-refractivity contribution in [1.29, 1.82) is 0 Å². The number of aliphatic hydroxyl groups is 2. The molecule has 3 heteroatoms. The normalized spacial score (nSPS) is 16.3. The van der Waals surface area contributed by atoms with Gasteiger partial charge in [-0.2, -0.15) is 0 Å². The summed E-state index contributed by atoms with van der Waals surface area (Å²) in [5.74, 6) is 0.327. The summed E-state index contributed by atoms with van der Waals surface area (Å²) in [6.07, 6.45) is 0.804. The van der Waals surface area contributed by atoms with Crippen molar-refractivity contribution in [2.45, 2.75) is 13.0 Å². The Kier molecular flexibility index (Phi) is 2.68. The van der Waals surface area contributed by atoms with Crippen LogP contribution in [0.3, 0.4) is 0 Å². The molecule has 0 aromatic carbocycles. The molecule has 1 heterocycles. The highest BCUT2D eigenvalue weighted by molar-refractivity contribution is 5.02. The Labute approximate surface area is 65.3 Å². The van der Waals surface area contributed by atoms with Crippen molar-refractivity contribution < 1.29 is 14.6 Å². The van der Waals surface area contributed by atoms with Gasteiger partial charge in [0.1, 0.15) is 11.9 Å². The van der Waals surface area contributed by atoms with Crippen LogP contribution >= 0.6 is 0 Å². The molecule has 0 fully saturated rings. The Bertz CT molecular complexity index is 193. The molecule has 0 bridgehead atoms. The van der Waals surface area contributed by atoms with E-state index in [0.29, 0.717) is 5.76 Å². The van der Waals surface area contributed by atoms with Gasteiger partial charge in [-0.15, -0.1) is 0 Å². The van der Waals surface area contributed by atoms with Crippen LogP contribution in [0.25, 0.3) is 0 Å². The predicted molar refractivity (Wildman–Crippen MR) is 39.9 cm³/mol. The predicted octanol–water partition coefficient (Wildman–Crippen LogP) is 0.941. The second kappa shape index (κ2) is 3.55. The SMILES string of the molecule is CC(CO)C(O)c1ccco1. The molecule has 62 valence electrons. The van der Waals surface area contributed by atoms with Crippen LogP contribution in [0.4, 0.5) is 0 Å². The third-order valence-corrected chi connectivity index (χ3v) is 1.66. The van der Waals surface area contributed by atoms with Crippen LogP contribution in [0.15, 0.2) is 22.8 Å². The molecule has 1 rings (SSSR count). The molecule has 2 unspecified atom stereocenters. The molecule has 0 spiro atoms. The lowest BCUT2D eigenvalue weighted by molar-refractivity contribution is 0.0599. The molecule has 2 atom stereocenters. The lowest BCUT2D eigenvalue weighted by atomic mass is 10.0. The highest BCUT2D eigenvalue weighted by atomic mass is 16.4. The van der Waals surface area contributed by atoms with Crippen LogP contribution in [-0.4, -0.2) is 16.8 Å². The summed E-state index contributed by atoms with van der Waals surface area (Å²) < 4.78 is 4.96. The first kappa shape index (κ1) is 8.30. The van der Waals surface area contributed by atoms with Gasteiger partial charge < -0.3 is 14.6 Å². The van der Waals surface area contributed by atoms with E-state index in [9.17, 15) is 5.11 Å². The largest absolute Gasteiger partial charge is 0.467 e.